The molecule has 6 nitrogen and oxygen atoms in total. The van der Waals surface area contributed by atoms with Crippen LogP contribution in [0.3, 0.4) is 0 Å². The van der Waals surface area contributed by atoms with Gasteiger partial charge in [-0.05, 0) is 18.1 Å². The van der Waals surface area contributed by atoms with Crippen LogP contribution >= 0.6 is 0 Å². The lowest BCUT2D eigenvalue weighted by atomic mass is 9.95. The van der Waals surface area contributed by atoms with E-state index in [0.29, 0.717) is 12.5 Å². The molecule has 6 heteroatoms. The number of nitrogens with one attached hydrogen (secondary N) is 1. The molecule has 2 unspecified atom stereocenters. The Morgan fingerprint density at radius 3 is 2.80 bits per heavy atom. The van der Waals surface area contributed by atoms with Crippen molar-refractivity contribution in [2.45, 2.75) is 19.1 Å². The van der Waals surface area contributed by atoms with Crippen LogP contribution in [-0.2, 0) is 16.1 Å². The second kappa shape index (κ2) is 8.09. The van der Waals surface area contributed by atoms with Crippen LogP contribution in [0.1, 0.15) is 23.7 Å². The third-order valence-corrected chi connectivity index (χ3v) is 4.50. The van der Waals surface area contributed by atoms with Crippen LogP contribution in [-0.4, -0.2) is 25.2 Å². The SMILES string of the molecule is COCc1cc([N+](=O)[O-])ccc1NCC1CCOC1c1ccccc1. The zero-order valence-corrected chi connectivity index (χ0v) is 14.2. The fourth-order valence-electron chi connectivity index (χ4n) is 3.24. The summed E-state index contributed by atoms with van der Waals surface area (Å²) in [6.45, 7) is 1.82. The van der Waals surface area contributed by atoms with E-state index in [9.17, 15) is 10.1 Å². The molecule has 0 amide bonds. The summed E-state index contributed by atoms with van der Waals surface area (Å²) in [5.74, 6) is 0.355. The predicted octanol–water partition coefficient (Wildman–Crippen LogP) is 3.93. The molecule has 1 heterocycles. The lowest BCUT2D eigenvalue weighted by Crippen LogP contribution is -2.18. The molecular formula is C19H22N2O4. The molecule has 3 rings (SSSR count). The fraction of sp³-hybridized carbons (Fsp3) is 0.368. The van der Waals surface area contributed by atoms with Gasteiger partial charge in [-0.3, -0.25) is 10.1 Å². The Bertz CT molecular complexity index is 721. The van der Waals surface area contributed by atoms with Crippen LogP contribution in [0.25, 0.3) is 0 Å². The Kier molecular flexibility index (Phi) is 5.63. The number of hydrogen-bond acceptors (Lipinski definition) is 5. The Hall–Kier alpha value is -2.44. The van der Waals surface area contributed by atoms with E-state index in [1.165, 1.54) is 11.6 Å². The van der Waals surface area contributed by atoms with Crippen molar-refractivity contribution >= 4 is 11.4 Å². The summed E-state index contributed by atoms with van der Waals surface area (Å²) < 4.78 is 11.1. The molecule has 1 fully saturated rings. The highest BCUT2D eigenvalue weighted by molar-refractivity contribution is 5.56. The van der Waals surface area contributed by atoms with E-state index in [4.69, 9.17) is 9.47 Å². The molecule has 25 heavy (non-hydrogen) atoms. The number of anilines is 1. The number of rotatable bonds is 7. The molecule has 1 saturated heterocycles. The van der Waals surface area contributed by atoms with E-state index < -0.39 is 0 Å². The molecular weight excluding hydrogens is 320 g/mol. The van der Waals surface area contributed by atoms with Crippen molar-refractivity contribution in [3.63, 3.8) is 0 Å². The van der Waals surface area contributed by atoms with Crippen molar-refractivity contribution in [2.75, 3.05) is 25.6 Å². The van der Waals surface area contributed by atoms with Gasteiger partial charge >= 0.3 is 0 Å². The van der Waals surface area contributed by atoms with Crippen molar-refractivity contribution in [1.82, 2.24) is 0 Å². The largest absolute Gasteiger partial charge is 0.384 e. The lowest BCUT2D eigenvalue weighted by Gasteiger charge is -2.21. The third-order valence-electron chi connectivity index (χ3n) is 4.50. The number of benzene rings is 2. The molecule has 132 valence electrons. The van der Waals surface area contributed by atoms with Crippen molar-refractivity contribution in [1.29, 1.82) is 0 Å². The van der Waals surface area contributed by atoms with Crippen molar-refractivity contribution in [3.05, 3.63) is 69.8 Å². The molecule has 0 aliphatic carbocycles. The summed E-state index contributed by atoms with van der Waals surface area (Å²) in [5.41, 5.74) is 2.91. The minimum absolute atomic E-state index is 0.0731. The first-order valence-electron chi connectivity index (χ1n) is 8.35. The van der Waals surface area contributed by atoms with E-state index in [0.717, 1.165) is 30.8 Å². The number of nitrogens with zero attached hydrogens (tertiary/aromatic N) is 1. The molecule has 0 radical (unpaired) electrons. The van der Waals surface area contributed by atoms with Gasteiger partial charge in [0.2, 0.25) is 0 Å². The summed E-state index contributed by atoms with van der Waals surface area (Å²) in [4.78, 5) is 10.6. The van der Waals surface area contributed by atoms with Gasteiger partial charge in [0.15, 0.2) is 0 Å². The first-order chi connectivity index (χ1) is 12.2. The summed E-state index contributed by atoms with van der Waals surface area (Å²) in [6.07, 6.45) is 1.07. The fourth-order valence-corrected chi connectivity index (χ4v) is 3.24. The van der Waals surface area contributed by atoms with E-state index in [2.05, 4.69) is 17.4 Å². The highest BCUT2D eigenvalue weighted by atomic mass is 16.6. The second-order valence-corrected chi connectivity index (χ2v) is 6.16. The quantitative estimate of drug-likeness (QED) is 0.609. The van der Waals surface area contributed by atoms with Crippen molar-refractivity contribution < 1.29 is 14.4 Å². The number of non-ortho nitro benzene ring substituents is 1. The standard InChI is InChI=1S/C19H22N2O4/c1-24-13-16-11-17(21(22)23)7-8-18(16)20-12-15-9-10-25-19(15)14-5-3-2-4-6-14/h2-8,11,15,19-20H,9-10,12-13H2,1H3. The highest BCUT2D eigenvalue weighted by Gasteiger charge is 2.29. The van der Waals surface area contributed by atoms with Crippen LogP contribution in [0.5, 0.6) is 0 Å². The van der Waals surface area contributed by atoms with Gasteiger partial charge in [-0.2, -0.15) is 0 Å². The predicted molar refractivity (Wildman–Crippen MR) is 95.5 cm³/mol. The molecule has 0 bridgehead atoms. The molecule has 0 saturated carbocycles. The zero-order valence-electron chi connectivity index (χ0n) is 14.2. The smallest absolute Gasteiger partial charge is 0.269 e. The first kappa shape index (κ1) is 17.4. The number of hydrogen-bond donors (Lipinski definition) is 1. The molecule has 0 aromatic heterocycles. The van der Waals surface area contributed by atoms with Gasteiger partial charge in [0, 0.05) is 49.6 Å². The van der Waals surface area contributed by atoms with Gasteiger partial charge in [-0.1, -0.05) is 30.3 Å². The van der Waals surface area contributed by atoms with Crippen LogP contribution in [0.15, 0.2) is 48.5 Å². The number of ether oxygens (including phenoxy) is 2. The van der Waals surface area contributed by atoms with Gasteiger partial charge in [0.05, 0.1) is 17.6 Å². The van der Waals surface area contributed by atoms with Crippen molar-refractivity contribution in [3.8, 4) is 0 Å². The maximum absolute atomic E-state index is 11.0. The minimum atomic E-state index is -0.390. The summed E-state index contributed by atoms with van der Waals surface area (Å²) in [6, 6.07) is 15.0. The van der Waals surface area contributed by atoms with E-state index in [1.807, 2.05) is 18.2 Å². The van der Waals surface area contributed by atoms with E-state index >= 15 is 0 Å². The summed E-state index contributed by atoms with van der Waals surface area (Å²) in [5, 5.41) is 14.4. The van der Waals surface area contributed by atoms with Gasteiger partial charge in [-0.15, -0.1) is 0 Å². The van der Waals surface area contributed by atoms with Crippen LogP contribution < -0.4 is 5.32 Å². The molecule has 2 atom stereocenters. The van der Waals surface area contributed by atoms with Gasteiger partial charge in [-0.25, -0.2) is 0 Å². The number of methoxy groups -OCH3 is 1. The zero-order chi connectivity index (χ0) is 17.6. The van der Waals surface area contributed by atoms with Crippen LogP contribution in [0, 0.1) is 16.0 Å². The minimum Gasteiger partial charge on any atom is -0.384 e. The molecule has 1 N–H and O–H groups in total. The molecule has 1 aliphatic heterocycles. The Balaban J connectivity index is 1.71. The van der Waals surface area contributed by atoms with E-state index in [1.54, 1.807) is 19.2 Å². The Morgan fingerprint density at radius 2 is 2.08 bits per heavy atom. The number of nitro benzene ring substituents is 1. The average Bonchev–Trinajstić information content (AvgIpc) is 3.10. The average molecular weight is 342 g/mol. The first-order valence-corrected chi connectivity index (χ1v) is 8.35. The maximum Gasteiger partial charge on any atom is 0.269 e. The second-order valence-electron chi connectivity index (χ2n) is 6.16. The highest BCUT2D eigenvalue weighted by Crippen LogP contribution is 2.35. The Morgan fingerprint density at radius 1 is 1.28 bits per heavy atom. The molecule has 1 aliphatic rings. The topological polar surface area (TPSA) is 73.6 Å². The maximum atomic E-state index is 11.0. The summed E-state index contributed by atoms with van der Waals surface area (Å²) in [7, 11) is 1.58. The van der Waals surface area contributed by atoms with E-state index in [-0.39, 0.29) is 16.7 Å². The summed E-state index contributed by atoms with van der Waals surface area (Å²) >= 11 is 0. The van der Waals surface area contributed by atoms with Crippen LogP contribution in [0.2, 0.25) is 0 Å². The van der Waals surface area contributed by atoms with Gasteiger partial charge in [0.25, 0.3) is 5.69 Å². The van der Waals surface area contributed by atoms with Crippen LogP contribution in [0.4, 0.5) is 11.4 Å². The van der Waals surface area contributed by atoms with Gasteiger partial charge < -0.3 is 14.8 Å². The third kappa shape index (κ3) is 4.15. The molecule has 2 aromatic carbocycles. The Labute approximate surface area is 146 Å². The monoisotopic (exact) mass is 342 g/mol. The normalized spacial score (nSPS) is 19.7. The number of nitro groups is 1. The van der Waals surface area contributed by atoms with Gasteiger partial charge in [0.1, 0.15) is 0 Å². The van der Waals surface area contributed by atoms with Crippen molar-refractivity contribution in [2.24, 2.45) is 5.92 Å². The molecule has 0 spiro atoms. The molecule has 2 aromatic rings. The lowest BCUT2D eigenvalue weighted by molar-refractivity contribution is -0.384.